The zero-order valence-electron chi connectivity index (χ0n) is 20.7. The van der Waals surface area contributed by atoms with Crippen LogP contribution in [-0.4, -0.2) is 48.1 Å². The van der Waals surface area contributed by atoms with E-state index in [-0.39, 0.29) is 24.8 Å². The van der Waals surface area contributed by atoms with E-state index in [0.717, 1.165) is 5.56 Å². The normalized spacial score (nSPS) is 18.3. The number of aromatic nitrogens is 6. The van der Waals surface area contributed by atoms with Gasteiger partial charge in [-0.3, -0.25) is 9.59 Å². The van der Waals surface area contributed by atoms with Crippen molar-refractivity contribution in [3.05, 3.63) is 95.5 Å². The number of carbonyl (C=O) groups is 2. The smallest absolute Gasteiger partial charge is 0.243 e. The first-order chi connectivity index (χ1) is 19.0. The predicted molar refractivity (Wildman–Crippen MR) is 142 cm³/mol. The highest BCUT2D eigenvalue weighted by atomic mass is 19.1. The molecule has 1 atom stereocenters. The predicted octanol–water partition coefficient (Wildman–Crippen LogP) is 3.67. The Labute approximate surface area is 221 Å². The minimum atomic E-state index is -1.45. The molecule has 2 amide bonds. The van der Waals surface area contributed by atoms with Crippen LogP contribution in [0.5, 0.6) is 0 Å². The van der Waals surface area contributed by atoms with Crippen LogP contribution in [0.1, 0.15) is 28.8 Å². The van der Waals surface area contributed by atoms with Gasteiger partial charge in [-0.1, -0.05) is 42.5 Å². The number of imidazole rings is 1. The maximum absolute atomic E-state index is 14.7. The molecule has 5 heterocycles. The number of hydrogen-bond acceptors (Lipinski definition) is 6. The third kappa shape index (κ3) is 3.32. The van der Waals surface area contributed by atoms with Gasteiger partial charge in [0.05, 0.1) is 12.0 Å². The quantitative estimate of drug-likeness (QED) is 0.373. The molecule has 192 valence electrons. The molecule has 2 N–H and O–H groups in total. The lowest BCUT2D eigenvalue weighted by molar-refractivity contribution is -0.126. The van der Waals surface area contributed by atoms with Crippen LogP contribution in [0.4, 0.5) is 15.9 Å². The Bertz CT molecular complexity index is 1830. The highest BCUT2D eigenvalue weighted by molar-refractivity contribution is 6.16. The molecule has 1 unspecified atom stereocenters. The van der Waals surface area contributed by atoms with Crippen LogP contribution in [0.25, 0.3) is 23.1 Å². The Morgan fingerprint density at radius 2 is 1.95 bits per heavy atom. The molecule has 3 aromatic heterocycles. The Morgan fingerprint density at radius 3 is 2.79 bits per heavy atom. The molecular weight excluding hydrogens is 499 g/mol. The molecule has 0 saturated heterocycles. The van der Waals surface area contributed by atoms with Crippen LogP contribution < -0.4 is 10.2 Å². The average molecular weight is 521 g/mol. The first-order valence-electron chi connectivity index (χ1n) is 12.4. The zero-order chi connectivity index (χ0) is 26.7. The summed E-state index contributed by atoms with van der Waals surface area (Å²) in [6.45, 7) is 2.02. The number of rotatable bonds is 4. The van der Waals surface area contributed by atoms with Crippen LogP contribution in [-0.2, 0) is 15.0 Å². The van der Waals surface area contributed by atoms with E-state index >= 15 is 0 Å². The molecule has 0 aliphatic carbocycles. The second-order valence-corrected chi connectivity index (χ2v) is 9.54. The van der Waals surface area contributed by atoms with Gasteiger partial charge in [-0.15, -0.1) is 0 Å². The molecule has 10 nitrogen and oxygen atoms in total. The monoisotopic (exact) mass is 520 g/mol. The van der Waals surface area contributed by atoms with Gasteiger partial charge in [-0.2, -0.15) is 9.78 Å². The maximum atomic E-state index is 14.7. The first-order valence-corrected chi connectivity index (χ1v) is 12.4. The Morgan fingerprint density at radius 1 is 1.10 bits per heavy atom. The summed E-state index contributed by atoms with van der Waals surface area (Å²) in [5.41, 5.74) is 2.52. The molecule has 39 heavy (non-hydrogen) atoms. The van der Waals surface area contributed by atoms with Crippen molar-refractivity contribution in [2.24, 2.45) is 0 Å². The van der Waals surface area contributed by atoms with Crippen molar-refractivity contribution in [2.75, 3.05) is 16.8 Å². The number of nitrogens with one attached hydrogen (secondary N) is 2. The minimum absolute atomic E-state index is 0.177. The summed E-state index contributed by atoms with van der Waals surface area (Å²) >= 11 is 0. The van der Waals surface area contributed by atoms with Crippen molar-refractivity contribution < 1.29 is 14.0 Å². The van der Waals surface area contributed by atoms with Gasteiger partial charge >= 0.3 is 0 Å². The Kier molecular flexibility index (Phi) is 4.96. The number of benzene rings is 2. The second kappa shape index (κ2) is 8.42. The zero-order valence-corrected chi connectivity index (χ0v) is 20.7. The summed E-state index contributed by atoms with van der Waals surface area (Å²) in [4.78, 5) is 45.0. The molecule has 1 spiro atoms. The van der Waals surface area contributed by atoms with E-state index in [1.54, 1.807) is 17.9 Å². The number of aromatic amines is 1. The van der Waals surface area contributed by atoms with E-state index in [1.807, 2.05) is 42.5 Å². The van der Waals surface area contributed by atoms with Gasteiger partial charge in [-0.25, -0.2) is 19.3 Å². The maximum Gasteiger partial charge on any atom is 0.243 e. The number of nitrogens with zero attached hydrogens (tertiary/aromatic N) is 6. The lowest BCUT2D eigenvalue weighted by atomic mass is 9.70. The van der Waals surface area contributed by atoms with Crippen LogP contribution in [0.3, 0.4) is 0 Å². The highest BCUT2D eigenvalue weighted by Crippen LogP contribution is 2.53. The van der Waals surface area contributed by atoms with Crippen molar-refractivity contribution in [3.63, 3.8) is 0 Å². The van der Waals surface area contributed by atoms with Crippen molar-refractivity contribution in [1.29, 1.82) is 0 Å². The number of aryl methyl sites for hydroxylation is 1. The molecule has 2 aliphatic rings. The standard InChI is InChI=1S/C28H21FN8O2/c1-16-22-25(37(35-16)26-23-24(31-14-30-23)32-15-33-26)34-21(38)13-28(22)19-12-18(29)9-10-20(19)36(27(28)39)11-5-8-17-6-3-2-4-7-17/h2-10,12,14-15H,11,13H2,1H3,(H,34,38)(H,30,31,32,33)/b8-5+. The highest BCUT2D eigenvalue weighted by Gasteiger charge is 2.58. The van der Waals surface area contributed by atoms with Gasteiger partial charge < -0.3 is 15.2 Å². The molecular formula is C28H21FN8O2. The summed E-state index contributed by atoms with van der Waals surface area (Å²) < 4.78 is 16.2. The number of halogens is 1. The fourth-order valence-corrected chi connectivity index (χ4v) is 5.72. The Balaban J connectivity index is 1.40. The lowest BCUT2D eigenvalue weighted by Gasteiger charge is -2.33. The SMILES string of the molecule is Cc1nn(-c2ncnc3nc[nH]c23)c2c1C1(CC(=O)N2)C(=O)N(C/C=C/c2ccccc2)c2ccc(F)cc21. The third-order valence-corrected chi connectivity index (χ3v) is 7.29. The lowest BCUT2D eigenvalue weighted by Crippen LogP contribution is -2.47. The van der Waals surface area contributed by atoms with Crippen LogP contribution in [0.2, 0.25) is 0 Å². The van der Waals surface area contributed by atoms with Crippen molar-refractivity contribution in [2.45, 2.75) is 18.8 Å². The van der Waals surface area contributed by atoms with Crippen LogP contribution >= 0.6 is 0 Å². The minimum Gasteiger partial charge on any atom is -0.340 e. The average Bonchev–Trinajstić information content (AvgIpc) is 3.60. The summed E-state index contributed by atoms with van der Waals surface area (Å²) in [5, 5.41) is 7.58. The number of hydrogen-bond donors (Lipinski definition) is 2. The number of amides is 2. The number of carbonyl (C=O) groups excluding carboxylic acids is 2. The van der Waals surface area contributed by atoms with Crippen molar-refractivity contribution >= 4 is 40.6 Å². The van der Waals surface area contributed by atoms with Gasteiger partial charge in [0, 0.05) is 24.2 Å². The van der Waals surface area contributed by atoms with Crippen LogP contribution in [0.15, 0.2) is 67.3 Å². The molecule has 7 rings (SSSR count). The third-order valence-electron chi connectivity index (χ3n) is 7.29. The van der Waals surface area contributed by atoms with E-state index in [1.165, 1.54) is 29.5 Å². The molecule has 0 radical (unpaired) electrons. The van der Waals surface area contributed by atoms with Crippen molar-refractivity contribution in [3.8, 4) is 5.82 Å². The number of anilines is 2. The number of H-pyrrole nitrogens is 1. The van der Waals surface area contributed by atoms with Gasteiger partial charge in [0.25, 0.3) is 0 Å². The molecule has 2 aromatic carbocycles. The van der Waals surface area contributed by atoms with Gasteiger partial charge in [-0.05, 0) is 36.2 Å². The van der Waals surface area contributed by atoms with Gasteiger partial charge in [0.15, 0.2) is 11.5 Å². The van der Waals surface area contributed by atoms with E-state index < -0.39 is 11.2 Å². The molecule has 11 heteroatoms. The second-order valence-electron chi connectivity index (χ2n) is 9.54. The molecule has 0 saturated carbocycles. The fourth-order valence-electron chi connectivity index (χ4n) is 5.72. The summed E-state index contributed by atoms with van der Waals surface area (Å²) in [6, 6.07) is 14.0. The molecule has 2 aliphatic heterocycles. The summed E-state index contributed by atoms with van der Waals surface area (Å²) in [5.74, 6) is -0.511. The largest absolute Gasteiger partial charge is 0.340 e. The molecule has 5 aromatic rings. The summed E-state index contributed by atoms with van der Waals surface area (Å²) in [6.07, 6.45) is 6.48. The van der Waals surface area contributed by atoms with E-state index in [2.05, 4.69) is 30.4 Å². The molecule has 0 bridgehead atoms. The van der Waals surface area contributed by atoms with E-state index in [9.17, 15) is 14.0 Å². The topological polar surface area (TPSA) is 122 Å². The van der Waals surface area contributed by atoms with Gasteiger partial charge in [0.1, 0.15) is 28.9 Å². The Hall–Kier alpha value is -5.19. The summed E-state index contributed by atoms with van der Waals surface area (Å²) in [7, 11) is 0. The van der Waals surface area contributed by atoms with Crippen LogP contribution in [0, 0.1) is 12.7 Å². The van der Waals surface area contributed by atoms with E-state index in [4.69, 9.17) is 0 Å². The van der Waals surface area contributed by atoms with E-state index in [0.29, 0.717) is 45.3 Å². The first kappa shape index (κ1) is 23.0. The van der Waals surface area contributed by atoms with Gasteiger partial charge in [0.2, 0.25) is 11.8 Å². The number of fused-ring (bicyclic) bond motifs is 5. The fraction of sp³-hybridized carbons (Fsp3) is 0.143. The van der Waals surface area contributed by atoms with Crippen molar-refractivity contribution in [1.82, 2.24) is 29.7 Å². The molecule has 0 fully saturated rings.